The van der Waals surface area contributed by atoms with Gasteiger partial charge in [-0.05, 0) is 88.4 Å². The highest BCUT2D eigenvalue weighted by atomic mass is 35.5. The maximum atomic E-state index is 15.5. The number of benzene rings is 6. The number of carboxylic acids is 1. The summed E-state index contributed by atoms with van der Waals surface area (Å²) in [5.74, 6) is -17.1. The summed E-state index contributed by atoms with van der Waals surface area (Å²) in [6.45, 7) is 6.22. The van der Waals surface area contributed by atoms with Crippen molar-refractivity contribution < 1.29 is 86.9 Å². The number of carbonyl (C=O) groups excluding carboxylic acids is 15. The second-order valence-electron chi connectivity index (χ2n) is 33.0. The number of rotatable bonds is 23. The van der Waals surface area contributed by atoms with Gasteiger partial charge in [-0.2, -0.15) is 0 Å². The lowest BCUT2D eigenvalue weighted by Crippen LogP contribution is -2.61. The van der Waals surface area contributed by atoms with Crippen LogP contribution in [-0.2, 0) is 115 Å². The minimum Gasteiger partial charge on any atom is -0.508 e. The third-order valence-electron chi connectivity index (χ3n) is 22.0. The number of hydrogen-bond donors (Lipinski definition) is 13. The number of H-pyrrole nitrogens is 1. The number of amides is 15. The number of likely N-dealkylation sites (N-methyl/N-ethyl adjacent to an activating group) is 5. The maximum absolute atomic E-state index is 15.5. The summed E-state index contributed by atoms with van der Waals surface area (Å²) in [5.41, 5.74) is 9.24. The topological polar surface area (TPSA) is 480 Å². The number of nitrogens with zero attached hydrogens (tertiary/aromatic N) is 5. The van der Waals surface area contributed by atoms with Crippen LogP contribution < -0.4 is 53.6 Å². The number of phenols is 1. The van der Waals surface area contributed by atoms with Gasteiger partial charge in [-0.3, -0.25) is 76.7 Å². The van der Waals surface area contributed by atoms with Gasteiger partial charge in [-0.25, -0.2) is 0 Å². The van der Waals surface area contributed by atoms with Crippen molar-refractivity contribution in [2.45, 2.75) is 172 Å². The fourth-order valence-corrected chi connectivity index (χ4v) is 15.9. The minimum absolute atomic E-state index is 0.0327. The van der Waals surface area contributed by atoms with Crippen molar-refractivity contribution in [1.82, 2.24) is 77.3 Å². The molecule has 1 saturated heterocycles. The second-order valence-corrected chi connectivity index (χ2v) is 34.5. The molecule has 1 aromatic heterocycles. The van der Waals surface area contributed by atoms with Crippen LogP contribution in [0.15, 0.2) is 170 Å². The lowest BCUT2D eigenvalue weighted by atomic mass is 9.98. The Balaban J connectivity index is 1.21. The van der Waals surface area contributed by atoms with E-state index in [2.05, 4.69) is 52.8 Å². The molecule has 0 saturated carbocycles. The number of thioether (sulfide) groups is 1. The van der Waals surface area contributed by atoms with Gasteiger partial charge in [0.25, 0.3) is 0 Å². The quantitative estimate of drug-likeness (QED) is 0.0437. The lowest BCUT2D eigenvalue weighted by Gasteiger charge is -2.37. The van der Waals surface area contributed by atoms with Crippen molar-refractivity contribution in [2.75, 3.05) is 66.4 Å². The van der Waals surface area contributed by atoms with Gasteiger partial charge in [0.05, 0.1) is 31.8 Å². The molecule has 7 aromatic rings. The molecule has 0 aliphatic carbocycles. The summed E-state index contributed by atoms with van der Waals surface area (Å²) in [6, 6.07) is 28.1. The first-order chi connectivity index (χ1) is 61.4. The Kier molecular flexibility index (Phi) is 38.6. The Labute approximate surface area is 758 Å². The fraction of sp³-hybridized carbons (Fsp3) is 0.419. The number of fused-ring (bicyclic) bond motifs is 1. The number of nitrogens with two attached hydrogens (primary N) is 1. The summed E-state index contributed by atoms with van der Waals surface area (Å²) in [4.78, 5) is 244. The first-order valence-electron chi connectivity index (χ1n) is 42.6. The molecule has 129 heavy (non-hydrogen) atoms. The van der Waals surface area contributed by atoms with Crippen LogP contribution in [0.2, 0.25) is 5.02 Å². The van der Waals surface area contributed by atoms with Gasteiger partial charge < -0.3 is 93.3 Å². The number of carboxylic acid groups (broad SMARTS) is 1. The number of aromatic amines is 1. The number of para-hydroxylation sites is 1. The molecule has 0 radical (unpaired) electrons. The van der Waals surface area contributed by atoms with Crippen LogP contribution in [0.5, 0.6) is 5.75 Å². The molecule has 15 amide bonds. The molecular weight excluding hydrogens is 1700 g/mol. The Hall–Kier alpha value is -13.2. The molecular formula is C93H117ClN16O18S. The van der Waals surface area contributed by atoms with Crippen LogP contribution in [0.4, 0.5) is 0 Å². The van der Waals surface area contributed by atoms with Crippen molar-refractivity contribution >= 4 is 129 Å². The van der Waals surface area contributed by atoms with Gasteiger partial charge in [0.1, 0.15) is 72.2 Å². The molecule has 1 aliphatic heterocycles. The molecule has 1 aliphatic rings. The highest BCUT2D eigenvalue weighted by molar-refractivity contribution is 8.00. The van der Waals surface area contributed by atoms with Gasteiger partial charge in [-0.15, -0.1) is 11.8 Å². The molecule has 690 valence electrons. The highest BCUT2D eigenvalue weighted by Gasteiger charge is 2.42. The number of nitrogens with one attached hydrogen (secondary N) is 10. The van der Waals surface area contributed by atoms with E-state index in [-0.39, 0.29) is 68.8 Å². The smallest absolute Gasteiger partial charge is 0.305 e. The first-order valence-corrected chi connectivity index (χ1v) is 44.2. The number of hydrogen-bond acceptors (Lipinski definition) is 18. The first kappa shape index (κ1) is 101. The van der Waals surface area contributed by atoms with Gasteiger partial charge in [0.15, 0.2) is 0 Å². The number of aliphatic carboxylic acids is 1. The average Bonchev–Trinajstić information content (AvgIpc) is 1.50. The Morgan fingerprint density at radius 1 is 0.481 bits per heavy atom. The maximum Gasteiger partial charge on any atom is 0.305 e. The standard InChI is InChI=1S/C93H117ClN16O18S/c1-11-12-32-74-91(126)107(7)52-79(114)99-70(48-81(116)117)87(122)105-82(56(4)5)93(128)109(9)75(45-58-26-18-14-19-27-58)88(123)103-71(44-61-35-39-64(111)40-36-61)89(124)106(6)51-78(113)98-69(47-62-49-96-66-31-23-22-30-65(62)66)86(121)102-68(42-60-33-37-63(94)38-34-60)85(120)101-67(41-55(2)3)84(119)104-73(83(118)97-50-77(95)112)53-129-54-80(115)100-72(43-57-24-16-13-17-25-57)90(125)110(10)76(92(127)108(74)8)46-59-28-20-15-21-29-59/h13-31,33-40,49,55-56,67-76,82,96,111H,11-12,32,41-48,50-54H2,1-10H3,(H2,95,112)(H,97,118)(H,98,113)(H,99,114)(H,100,115)(H,101,120)(H,102,121)(H,103,123)(H,104,119)(H,105,122)(H,116,117). The Bertz CT molecular complexity index is 5070. The number of carbonyl (C=O) groups is 16. The Morgan fingerprint density at radius 2 is 0.938 bits per heavy atom. The van der Waals surface area contributed by atoms with E-state index in [0.29, 0.717) is 62.1 Å². The van der Waals surface area contributed by atoms with Crippen LogP contribution in [0.1, 0.15) is 100 Å². The molecule has 34 nitrogen and oxygen atoms in total. The van der Waals surface area contributed by atoms with E-state index >= 15 is 33.6 Å². The number of primary amides is 1. The summed E-state index contributed by atoms with van der Waals surface area (Å²) in [6.07, 6.45) is 0.217. The molecule has 8 rings (SSSR count). The number of aromatic nitrogens is 1. The number of phenolic OH excluding ortho intramolecular Hbond substituents is 1. The molecule has 0 bridgehead atoms. The zero-order valence-electron chi connectivity index (χ0n) is 74.0. The van der Waals surface area contributed by atoms with Crippen LogP contribution in [-0.4, -0.2) is 267 Å². The molecule has 14 N–H and O–H groups in total. The summed E-state index contributed by atoms with van der Waals surface area (Å²) >= 11 is 7.19. The van der Waals surface area contributed by atoms with Crippen molar-refractivity contribution in [3.8, 4) is 5.75 Å². The lowest BCUT2D eigenvalue weighted by molar-refractivity contribution is -0.151. The normalized spacial score (nSPS) is 21.9. The van der Waals surface area contributed by atoms with Crippen LogP contribution in [0.3, 0.4) is 0 Å². The van der Waals surface area contributed by atoms with Crippen molar-refractivity contribution in [2.24, 2.45) is 17.6 Å². The predicted octanol–water partition coefficient (Wildman–Crippen LogP) is 3.27. The molecule has 1 fully saturated rings. The number of aromatic hydroxyl groups is 1. The second kappa shape index (κ2) is 49.2. The van der Waals surface area contributed by atoms with E-state index in [4.69, 9.17) is 17.3 Å². The number of halogens is 1. The van der Waals surface area contributed by atoms with E-state index < -0.39 is 199 Å². The molecule has 2 heterocycles. The number of unbranched alkanes of at least 4 members (excludes halogenated alkanes) is 1. The zero-order valence-corrected chi connectivity index (χ0v) is 75.6. The third-order valence-corrected chi connectivity index (χ3v) is 23.3. The molecule has 11 unspecified atom stereocenters. The van der Waals surface area contributed by atoms with Gasteiger partial charge in [0.2, 0.25) is 88.6 Å². The highest BCUT2D eigenvalue weighted by Crippen LogP contribution is 2.25. The average molecular weight is 1810 g/mol. The van der Waals surface area contributed by atoms with E-state index in [1.807, 2.05) is 6.92 Å². The van der Waals surface area contributed by atoms with Crippen LogP contribution in [0, 0.1) is 11.8 Å². The van der Waals surface area contributed by atoms with Gasteiger partial charge in [0, 0.05) is 102 Å². The van der Waals surface area contributed by atoms with E-state index in [1.165, 1.54) is 69.3 Å². The van der Waals surface area contributed by atoms with Crippen molar-refractivity contribution in [3.63, 3.8) is 0 Å². The molecule has 11 atom stereocenters. The summed E-state index contributed by atoms with van der Waals surface area (Å²) in [7, 11) is 6.56. The zero-order chi connectivity index (χ0) is 94.3. The molecule has 36 heteroatoms. The van der Waals surface area contributed by atoms with Crippen molar-refractivity contribution in [3.05, 3.63) is 208 Å². The van der Waals surface area contributed by atoms with E-state index in [0.717, 1.165) is 26.5 Å². The minimum atomic E-state index is -1.90. The SMILES string of the molecule is CCCCC1C(=O)N(C)CC(=O)NC(CC(=O)O)C(=O)NC(C(C)C)C(=O)N(C)C(Cc2ccccc2)C(=O)NC(Cc2ccc(O)cc2)C(=O)N(C)CC(=O)NC(Cc2c[nH]c3ccccc23)C(=O)NC(Cc2ccc(Cl)cc2)C(=O)NC(CC(C)C)C(=O)NC(C(=O)NCC(N)=O)CSCC(=O)NC(Cc2ccccc2)C(=O)N(C)C(Cc2ccccc2)C(=O)N1C. The van der Waals surface area contributed by atoms with Gasteiger partial charge in [-0.1, -0.05) is 193 Å². The van der Waals surface area contributed by atoms with E-state index in [9.17, 15) is 53.4 Å². The molecule has 6 aromatic carbocycles. The monoisotopic (exact) mass is 1810 g/mol. The Morgan fingerprint density at radius 3 is 1.50 bits per heavy atom. The molecule has 0 spiro atoms. The third kappa shape index (κ3) is 30.8. The summed E-state index contributed by atoms with van der Waals surface area (Å²) < 4.78 is 0. The van der Waals surface area contributed by atoms with Crippen molar-refractivity contribution in [1.29, 1.82) is 0 Å². The summed E-state index contributed by atoms with van der Waals surface area (Å²) in [5, 5.41) is 45.7. The fourth-order valence-electron chi connectivity index (χ4n) is 14.9. The van der Waals surface area contributed by atoms with E-state index in [1.54, 1.807) is 173 Å². The van der Waals surface area contributed by atoms with Crippen LogP contribution in [0.25, 0.3) is 10.9 Å². The van der Waals surface area contributed by atoms with Gasteiger partial charge >= 0.3 is 5.97 Å². The van der Waals surface area contributed by atoms with Crippen LogP contribution >= 0.6 is 23.4 Å². The largest absolute Gasteiger partial charge is 0.508 e. The predicted molar refractivity (Wildman–Crippen MR) is 485 cm³/mol.